The lowest BCUT2D eigenvalue weighted by molar-refractivity contribution is -0.130. The molecule has 2 aromatic rings. The molecule has 1 saturated heterocycles. The molecule has 0 atom stereocenters. The SMILES string of the molecule is CCc1cccc(C)c1Nc1cncc(C(=O)N2CCN(C(C)=O)CC2)c1. The Bertz CT molecular complexity index is 842. The number of piperazine rings is 1. The highest BCUT2D eigenvalue weighted by Crippen LogP contribution is 2.25. The second-order valence-electron chi connectivity index (χ2n) is 6.85. The summed E-state index contributed by atoms with van der Waals surface area (Å²) in [4.78, 5) is 32.1. The van der Waals surface area contributed by atoms with Gasteiger partial charge in [0.15, 0.2) is 0 Å². The maximum atomic E-state index is 12.8. The van der Waals surface area contributed by atoms with Crippen molar-refractivity contribution in [3.63, 3.8) is 0 Å². The van der Waals surface area contributed by atoms with Crippen molar-refractivity contribution in [1.29, 1.82) is 0 Å². The summed E-state index contributed by atoms with van der Waals surface area (Å²) in [6.45, 7) is 8.01. The van der Waals surface area contributed by atoms with E-state index < -0.39 is 0 Å². The number of carbonyl (C=O) groups excluding carboxylic acids is 2. The Morgan fingerprint density at radius 2 is 1.81 bits per heavy atom. The number of hydrogen-bond donors (Lipinski definition) is 1. The van der Waals surface area contributed by atoms with Crippen LogP contribution in [0.15, 0.2) is 36.7 Å². The monoisotopic (exact) mass is 366 g/mol. The summed E-state index contributed by atoms with van der Waals surface area (Å²) >= 11 is 0. The number of amides is 2. The molecule has 27 heavy (non-hydrogen) atoms. The molecule has 1 fully saturated rings. The van der Waals surface area contributed by atoms with E-state index in [1.807, 2.05) is 6.07 Å². The first-order chi connectivity index (χ1) is 13.0. The summed E-state index contributed by atoms with van der Waals surface area (Å²) in [6, 6.07) is 8.07. The van der Waals surface area contributed by atoms with Crippen LogP contribution in [0.4, 0.5) is 11.4 Å². The number of nitrogens with zero attached hydrogens (tertiary/aromatic N) is 3. The van der Waals surface area contributed by atoms with Crippen molar-refractivity contribution in [3.8, 4) is 0 Å². The van der Waals surface area contributed by atoms with E-state index in [9.17, 15) is 9.59 Å². The van der Waals surface area contributed by atoms with Gasteiger partial charge in [-0.05, 0) is 30.5 Å². The Hall–Kier alpha value is -2.89. The molecule has 6 nitrogen and oxygen atoms in total. The fourth-order valence-corrected chi connectivity index (χ4v) is 3.38. The summed E-state index contributed by atoms with van der Waals surface area (Å²) in [7, 11) is 0. The third kappa shape index (κ3) is 4.27. The van der Waals surface area contributed by atoms with Gasteiger partial charge in [-0.15, -0.1) is 0 Å². The van der Waals surface area contributed by atoms with Crippen molar-refractivity contribution in [2.24, 2.45) is 0 Å². The first-order valence-electron chi connectivity index (χ1n) is 9.35. The van der Waals surface area contributed by atoms with Crippen LogP contribution in [0.5, 0.6) is 0 Å². The van der Waals surface area contributed by atoms with E-state index in [0.717, 1.165) is 23.4 Å². The van der Waals surface area contributed by atoms with Gasteiger partial charge in [-0.3, -0.25) is 14.6 Å². The number of aromatic nitrogens is 1. The van der Waals surface area contributed by atoms with Crippen molar-refractivity contribution in [2.45, 2.75) is 27.2 Å². The van der Waals surface area contributed by atoms with E-state index in [1.54, 1.807) is 29.1 Å². The maximum absolute atomic E-state index is 12.8. The topological polar surface area (TPSA) is 65.5 Å². The zero-order valence-corrected chi connectivity index (χ0v) is 16.2. The predicted molar refractivity (Wildman–Crippen MR) is 106 cm³/mol. The van der Waals surface area contributed by atoms with Crippen LogP contribution in [0.3, 0.4) is 0 Å². The van der Waals surface area contributed by atoms with Gasteiger partial charge in [-0.25, -0.2) is 0 Å². The quantitative estimate of drug-likeness (QED) is 0.903. The minimum absolute atomic E-state index is 0.0464. The number of rotatable bonds is 4. The highest BCUT2D eigenvalue weighted by molar-refractivity contribution is 5.95. The number of aryl methyl sites for hydroxylation is 2. The molecule has 0 bridgehead atoms. The fraction of sp³-hybridized carbons (Fsp3) is 0.381. The molecule has 142 valence electrons. The van der Waals surface area contributed by atoms with Crippen LogP contribution in [0.2, 0.25) is 0 Å². The van der Waals surface area contributed by atoms with Gasteiger partial charge in [0, 0.05) is 45.0 Å². The Balaban J connectivity index is 1.75. The van der Waals surface area contributed by atoms with E-state index in [4.69, 9.17) is 0 Å². The molecule has 2 amide bonds. The lowest BCUT2D eigenvalue weighted by Crippen LogP contribution is -2.50. The molecule has 1 aromatic carbocycles. The van der Waals surface area contributed by atoms with Crippen molar-refractivity contribution in [2.75, 3.05) is 31.5 Å². The summed E-state index contributed by atoms with van der Waals surface area (Å²) in [6.07, 6.45) is 4.26. The van der Waals surface area contributed by atoms with E-state index in [-0.39, 0.29) is 11.8 Å². The van der Waals surface area contributed by atoms with Crippen molar-refractivity contribution in [1.82, 2.24) is 14.8 Å². The van der Waals surface area contributed by atoms with Gasteiger partial charge < -0.3 is 15.1 Å². The Labute approximate surface area is 160 Å². The predicted octanol–water partition coefficient (Wildman–Crippen LogP) is 3.00. The Kier molecular flexibility index (Phi) is 5.74. The van der Waals surface area contributed by atoms with Crippen LogP contribution < -0.4 is 5.32 Å². The molecule has 0 unspecified atom stereocenters. The molecule has 0 aliphatic carbocycles. The Morgan fingerprint density at radius 3 is 2.48 bits per heavy atom. The lowest BCUT2D eigenvalue weighted by atomic mass is 10.1. The minimum atomic E-state index is -0.0464. The van der Waals surface area contributed by atoms with Crippen LogP contribution in [0.1, 0.15) is 35.3 Å². The van der Waals surface area contributed by atoms with E-state index >= 15 is 0 Å². The first kappa shape index (κ1) is 18.9. The number of hydrogen-bond acceptors (Lipinski definition) is 4. The number of pyridine rings is 1. The molecule has 2 heterocycles. The van der Waals surface area contributed by atoms with Gasteiger partial charge in [0.25, 0.3) is 5.91 Å². The molecule has 0 radical (unpaired) electrons. The van der Waals surface area contributed by atoms with Crippen LogP contribution in [-0.2, 0) is 11.2 Å². The Morgan fingerprint density at radius 1 is 1.11 bits per heavy atom. The van der Waals surface area contributed by atoms with Crippen molar-refractivity contribution in [3.05, 3.63) is 53.3 Å². The first-order valence-corrected chi connectivity index (χ1v) is 9.35. The molecule has 1 aliphatic rings. The van der Waals surface area contributed by atoms with Crippen LogP contribution in [-0.4, -0.2) is 52.8 Å². The third-order valence-electron chi connectivity index (χ3n) is 5.01. The summed E-state index contributed by atoms with van der Waals surface area (Å²) in [5.41, 5.74) is 4.81. The number of carbonyl (C=O) groups is 2. The maximum Gasteiger partial charge on any atom is 0.255 e. The smallest absolute Gasteiger partial charge is 0.255 e. The third-order valence-corrected chi connectivity index (χ3v) is 5.01. The lowest BCUT2D eigenvalue weighted by Gasteiger charge is -2.34. The molecule has 6 heteroatoms. The highest BCUT2D eigenvalue weighted by atomic mass is 16.2. The number of anilines is 2. The number of nitrogens with one attached hydrogen (secondary N) is 1. The summed E-state index contributed by atoms with van der Waals surface area (Å²) < 4.78 is 0. The van der Waals surface area contributed by atoms with Gasteiger partial charge in [0.05, 0.1) is 17.4 Å². The van der Waals surface area contributed by atoms with Crippen LogP contribution in [0, 0.1) is 6.92 Å². The molecule has 0 spiro atoms. The van der Waals surface area contributed by atoms with Gasteiger partial charge >= 0.3 is 0 Å². The van der Waals surface area contributed by atoms with Crippen molar-refractivity contribution >= 4 is 23.2 Å². The number of benzene rings is 1. The van der Waals surface area contributed by atoms with Gasteiger partial charge in [-0.2, -0.15) is 0 Å². The van der Waals surface area contributed by atoms with Gasteiger partial charge in [-0.1, -0.05) is 25.1 Å². The molecule has 1 aromatic heterocycles. The molecule has 3 rings (SSSR count). The van der Waals surface area contributed by atoms with E-state index in [0.29, 0.717) is 31.7 Å². The highest BCUT2D eigenvalue weighted by Gasteiger charge is 2.23. The fourth-order valence-electron chi connectivity index (χ4n) is 3.38. The average Bonchev–Trinajstić information content (AvgIpc) is 2.69. The van der Waals surface area contributed by atoms with Gasteiger partial charge in [0.2, 0.25) is 5.91 Å². The van der Waals surface area contributed by atoms with Crippen molar-refractivity contribution < 1.29 is 9.59 Å². The van der Waals surface area contributed by atoms with Crippen LogP contribution in [0.25, 0.3) is 0 Å². The van der Waals surface area contributed by atoms with Crippen LogP contribution >= 0.6 is 0 Å². The summed E-state index contributed by atoms with van der Waals surface area (Å²) in [5, 5.41) is 3.43. The molecular weight excluding hydrogens is 340 g/mol. The normalized spacial score (nSPS) is 14.2. The summed E-state index contributed by atoms with van der Waals surface area (Å²) in [5.74, 6) is 0.00905. The standard InChI is InChI=1S/C21H26N4O2/c1-4-17-7-5-6-15(2)20(17)23-19-12-18(13-22-14-19)21(27)25-10-8-24(9-11-25)16(3)26/h5-7,12-14,23H,4,8-11H2,1-3H3. The molecule has 0 saturated carbocycles. The number of para-hydroxylation sites is 1. The largest absolute Gasteiger partial charge is 0.354 e. The molecular formula is C21H26N4O2. The average molecular weight is 366 g/mol. The molecule has 1 N–H and O–H groups in total. The molecule has 1 aliphatic heterocycles. The minimum Gasteiger partial charge on any atom is -0.354 e. The second kappa shape index (κ2) is 8.20. The zero-order chi connectivity index (χ0) is 19.4. The van der Waals surface area contributed by atoms with E-state index in [2.05, 4.69) is 42.3 Å². The van der Waals surface area contributed by atoms with E-state index in [1.165, 1.54) is 5.56 Å². The van der Waals surface area contributed by atoms with Gasteiger partial charge in [0.1, 0.15) is 0 Å². The zero-order valence-electron chi connectivity index (χ0n) is 16.2. The second-order valence-corrected chi connectivity index (χ2v) is 6.85.